The van der Waals surface area contributed by atoms with Crippen LogP contribution in [0, 0.1) is 12.3 Å². The first kappa shape index (κ1) is 16.1. The molecule has 6 nitrogen and oxygen atoms in total. The second-order valence-corrected chi connectivity index (χ2v) is 6.52. The van der Waals surface area contributed by atoms with E-state index in [-0.39, 0.29) is 17.2 Å². The Balaban J connectivity index is 1.60. The number of hydrogen-bond donors (Lipinski definition) is 0. The van der Waals surface area contributed by atoms with Gasteiger partial charge in [0.1, 0.15) is 5.76 Å². The lowest BCUT2D eigenvalue weighted by Gasteiger charge is -2.37. The zero-order valence-electron chi connectivity index (χ0n) is 13.8. The molecular weight excluding hydrogens is 296 g/mol. The first-order chi connectivity index (χ1) is 11.1. The highest BCUT2D eigenvalue weighted by molar-refractivity contribution is 5.92. The van der Waals surface area contributed by atoms with Gasteiger partial charge in [0.25, 0.3) is 5.91 Å². The molecule has 2 saturated heterocycles. The molecule has 0 aliphatic carbocycles. The van der Waals surface area contributed by atoms with Crippen LogP contribution < -0.4 is 0 Å². The highest BCUT2D eigenvalue weighted by Crippen LogP contribution is 2.41. The maximum Gasteiger partial charge on any atom is 0.289 e. The summed E-state index contributed by atoms with van der Waals surface area (Å²) in [5, 5.41) is 0. The lowest BCUT2D eigenvalue weighted by Crippen LogP contribution is -2.46. The van der Waals surface area contributed by atoms with Crippen molar-refractivity contribution < 1.29 is 18.7 Å². The Morgan fingerprint density at radius 2 is 1.96 bits per heavy atom. The van der Waals surface area contributed by atoms with E-state index in [2.05, 4.69) is 0 Å². The largest absolute Gasteiger partial charge is 0.456 e. The van der Waals surface area contributed by atoms with Crippen molar-refractivity contribution in [2.75, 3.05) is 39.9 Å². The van der Waals surface area contributed by atoms with E-state index in [4.69, 9.17) is 9.15 Å². The van der Waals surface area contributed by atoms with E-state index in [1.807, 2.05) is 11.8 Å². The number of furan rings is 1. The molecule has 0 radical (unpaired) electrons. The fraction of sp³-hybridized carbons (Fsp3) is 0.647. The quantitative estimate of drug-likeness (QED) is 0.847. The summed E-state index contributed by atoms with van der Waals surface area (Å²) in [7, 11) is 1.65. The van der Waals surface area contributed by atoms with Gasteiger partial charge in [-0.1, -0.05) is 0 Å². The molecule has 1 aromatic heterocycles. The summed E-state index contributed by atoms with van der Waals surface area (Å²) in [6, 6.07) is 3.52. The molecule has 1 aromatic rings. The molecule has 0 N–H and O–H groups in total. The predicted molar refractivity (Wildman–Crippen MR) is 84.1 cm³/mol. The Kier molecular flexibility index (Phi) is 4.43. The maximum atomic E-state index is 12.7. The fourth-order valence-corrected chi connectivity index (χ4v) is 3.61. The van der Waals surface area contributed by atoms with Crippen molar-refractivity contribution in [3.8, 4) is 0 Å². The highest BCUT2D eigenvalue weighted by Gasteiger charge is 2.48. The van der Waals surface area contributed by atoms with Crippen LogP contribution in [0.1, 0.15) is 35.6 Å². The monoisotopic (exact) mass is 320 g/mol. The molecule has 2 fully saturated rings. The predicted octanol–water partition coefficient (Wildman–Crippen LogP) is 1.69. The van der Waals surface area contributed by atoms with Crippen LogP contribution in [0.4, 0.5) is 0 Å². The van der Waals surface area contributed by atoms with Crippen molar-refractivity contribution in [2.24, 2.45) is 5.41 Å². The minimum Gasteiger partial charge on any atom is -0.456 e. The number of carbonyl (C=O) groups is 2. The van der Waals surface area contributed by atoms with Gasteiger partial charge in [-0.3, -0.25) is 9.59 Å². The number of amides is 2. The van der Waals surface area contributed by atoms with Crippen molar-refractivity contribution in [1.82, 2.24) is 9.80 Å². The molecule has 2 aliphatic heterocycles. The SMILES string of the molecule is COCCN1CCC2(CCN(C(=O)c3ccc(C)o3)CC2)C1=O. The molecule has 0 bridgehead atoms. The van der Waals surface area contributed by atoms with Gasteiger partial charge in [0.05, 0.1) is 12.0 Å². The molecule has 0 aromatic carbocycles. The van der Waals surface area contributed by atoms with Crippen molar-refractivity contribution in [3.05, 3.63) is 23.7 Å². The summed E-state index contributed by atoms with van der Waals surface area (Å²) in [6.07, 6.45) is 2.36. The van der Waals surface area contributed by atoms with Gasteiger partial charge in [-0.25, -0.2) is 0 Å². The summed E-state index contributed by atoms with van der Waals surface area (Å²) >= 11 is 0. The Hall–Kier alpha value is -1.82. The van der Waals surface area contributed by atoms with E-state index in [9.17, 15) is 9.59 Å². The highest BCUT2D eigenvalue weighted by atomic mass is 16.5. The smallest absolute Gasteiger partial charge is 0.289 e. The van der Waals surface area contributed by atoms with Crippen LogP contribution in [0.15, 0.2) is 16.5 Å². The summed E-state index contributed by atoms with van der Waals surface area (Å²) in [5.74, 6) is 1.28. The Bertz CT molecular complexity index is 587. The first-order valence-electron chi connectivity index (χ1n) is 8.20. The lowest BCUT2D eigenvalue weighted by atomic mass is 9.77. The van der Waals surface area contributed by atoms with Crippen molar-refractivity contribution in [2.45, 2.75) is 26.2 Å². The van der Waals surface area contributed by atoms with E-state index in [0.717, 1.165) is 31.6 Å². The topological polar surface area (TPSA) is 63.0 Å². The average Bonchev–Trinajstić information content (AvgIpc) is 3.12. The number of likely N-dealkylation sites (tertiary alicyclic amines) is 2. The Morgan fingerprint density at radius 1 is 1.26 bits per heavy atom. The van der Waals surface area contributed by atoms with Gasteiger partial charge >= 0.3 is 0 Å². The van der Waals surface area contributed by atoms with Crippen LogP contribution in [-0.4, -0.2) is 61.5 Å². The number of piperidine rings is 1. The van der Waals surface area contributed by atoms with Gasteiger partial charge in [-0.2, -0.15) is 0 Å². The lowest BCUT2D eigenvalue weighted by molar-refractivity contribution is -0.138. The molecular formula is C17H24N2O4. The zero-order chi connectivity index (χ0) is 16.4. The molecule has 0 saturated carbocycles. The van der Waals surface area contributed by atoms with E-state index < -0.39 is 0 Å². The molecule has 3 rings (SSSR count). The zero-order valence-corrected chi connectivity index (χ0v) is 13.8. The number of rotatable bonds is 4. The number of nitrogens with zero attached hydrogens (tertiary/aromatic N) is 2. The third kappa shape index (κ3) is 3.00. The first-order valence-corrected chi connectivity index (χ1v) is 8.20. The van der Waals surface area contributed by atoms with Crippen LogP contribution in [-0.2, 0) is 9.53 Å². The third-order valence-corrected chi connectivity index (χ3v) is 5.13. The molecule has 1 spiro atoms. The van der Waals surface area contributed by atoms with E-state index in [0.29, 0.717) is 32.0 Å². The van der Waals surface area contributed by atoms with Gasteiger partial charge in [-0.05, 0) is 38.3 Å². The van der Waals surface area contributed by atoms with E-state index in [1.54, 1.807) is 24.1 Å². The molecule has 2 aliphatic rings. The molecule has 23 heavy (non-hydrogen) atoms. The number of carbonyl (C=O) groups excluding carboxylic acids is 2. The van der Waals surface area contributed by atoms with Gasteiger partial charge in [0.2, 0.25) is 5.91 Å². The summed E-state index contributed by atoms with van der Waals surface area (Å²) in [6.45, 7) is 5.09. The standard InChI is InChI=1S/C17H24N2O4/c1-13-3-4-14(23-13)15(20)18-8-5-17(6-9-18)7-10-19(16(17)21)11-12-22-2/h3-4H,5-12H2,1-2H3. The molecule has 6 heteroatoms. The van der Waals surface area contributed by atoms with E-state index in [1.165, 1.54) is 0 Å². The number of methoxy groups -OCH3 is 1. The summed E-state index contributed by atoms with van der Waals surface area (Å²) in [5.41, 5.74) is -0.274. The molecule has 2 amide bonds. The van der Waals surface area contributed by atoms with Crippen LogP contribution in [0.3, 0.4) is 0 Å². The van der Waals surface area contributed by atoms with Gasteiger partial charge in [0.15, 0.2) is 5.76 Å². The molecule has 3 heterocycles. The van der Waals surface area contributed by atoms with Crippen molar-refractivity contribution >= 4 is 11.8 Å². The van der Waals surface area contributed by atoms with Gasteiger partial charge in [0, 0.05) is 33.3 Å². The third-order valence-electron chi connectivity index (χ3n) is 5.13. The fourth-order valence-electron chi connectivity index (χ4n) is 3.61. The van der Waals surface area contributed by atoms with Gasteiger partial charge in [-0.15, -0.1) is 0 Å². The molecule has 126 valence electrons. The second-order valence-electron chi connectivity index (χ2n) is 6.52. The van der Waals surface area contributed by atoms with Crippen molar-refractivity contribution in [3.63, 3.8) is 0 Å². The second kappa shape index (κ2) is 6.35. The van der Waals surface area contributed by atoms with Crippen LogP contribution in [0.2, 0.25) is 0 Å². The molecule has 0 atom stereocenters. The van der Waals surface area contributed by atoms with Crippen LogP contribution >= 0.6 is 0 Å². The maximum absolute atomic E-state index is 12.7. The van der Waals surface area contributed by atoms with Crippen molar-refractivity contribution in [1.29, 1.82) is 0 Å². The molecule has 0 unspecified atom stereocenters. The number of hydrogen-bond acceptors (Lipinski definition) is 4. The Labute approximate surface area is 136 Å². The summed E-state index contributed by atoms with van der Waals surface area (Å²) in [4.78, 5) is 28.8. The minimum absolute atomic E-state index is 0.0744. The number of ether oxygens (including phenoxy) is 1. The number of aryl methyl sites for hydroxylation is 1. The average molecular weight is 320 g/mol. The Morgan fingerprint density at radius 3 is 2.57 bits per heavy atom. The summed E-state index contributed by atoms with van der Waals surface area (Å²) < 4.78 is 10.5. The van der Waals surface area contributed by atoms with Gasteiger partial charge < -0.3 is 19.0 Å². The normalized spacial score (nSPS) is 20.5. The van der Waals surface area contributed by atoms with E-state index >= 15 is 0 Å². The van der Waals surface area contributed by atoms with Crippen LogP contribution in [0.5, 0.6) is 0 Å². The minimum atomic E-state index is -0.274. The van der Waals surface area contributed by atoms with Crippen LogP contribution in [0.25, 0.3) is 0 Å².